The van der Waals surface area contributed by atoms with Crippen LogP contribution in [0.4, 0.5) is 5.13 Å². The number of aliphatic hydroxyl groups is 1. The third-order valence-electron chi connectivity index (χ3n) is 6.03. The van der Waals surface area contributed by atoms with E-state index in [0.717, 1.165) is 21.9 Å². The minimum atomic E-state index is -1.21. The van der Waals surface area contributed by atoms with E-state index in [-0.39, 0.29) is 35.4 Å². The molecule has 39 heavy (non-hydrogen) atoms. The molecule has 3 aromatic rings. The molecule has 3 aromatic heterocycles. The fourth-order valence-electron chi connectivity index (χ4n) is 4.37. The van der Waals surface area contributed by atoms with Gasteiger partial charge in [-0.1, -0.05) is 5.16 Å². The van der Waals surface area contributed by atoms with Gasteiger partial charge in [-0.05, 0) is 12.1 Å². The first kappa shape index (κ1) is 27.0. The molecule has 13 nitrogen and oxygen atoms in total. The van der Waals surface area contributed by atoms with Crippen molar-refractivity contribution in [3.63, 3.8) is 0 Å². The van der Waals surface area contributed by atoms with E-state index in [4.69, 9.17) is 15.7 Å². The predicted octanol–water partition coefficient (Wildman–Crippen LogP) is 0.139. The number of fused-ring (bicyclic) bond motifs is 2. The number of aliphatic carboxylic acids is 1. The van der Waals surface area contributed by atoms with Crippen LogP contribution in [-0.4, -0.2) is 84.6 Å². The number of thioether (sulfide) groups is 2. The van der Waals surface area contributed by atoms with E-state index < -0.39 is 29.2 Å². The lowest BCUT2D eigenvalue weighted by Gasteiger charge is -2.49. The molecule has 0 radical (unpaired) electrons. The molecule has 5 rings (SSSR count). The number of hydrogen-bond acceptors (Lipinski definition) is 11. The minimum Gasteiger partial charge on any atom is -0.477 e. The highest BCUT2D eigenvalue weighted by Crippen LogP contribution is 2.40. The van der Waals surface area contributed by atoms with Gasteiger partial charge in [0.2, 0.25) is 0 Å². The lowest BCUT2D eigenvalue weighted by atomic mass is 10.0. The lowest BCUT2D eigenvalue weighted by Crippen LogP contribution is -2.71. The fourth-order valence-corrected chi connectivity index (χ4v) is 7.02. The zero-order valence-corrected chi connectivity index (χ0v) is 23.0. The third-order valence-corrected chi connectivity index (χ3v) is 9.06. The van der Waals surface area contributed by atoms with Gasteiger partial charge in [0, 0.05) is 22.5 Å². The number of nitrogens with zero attached hydrogens (tertiary/aromatic N) is 5. The van der Waals surface area contributed by atoms with E-state index in [0.29, 0.717) is 17.1 Å². The Morgan fingerprint density at radius 3 is 2.92 bits per heavy atom. The average Bonchev–Trinajstić information content (AvgIpc) is 3.54. The molecule has 0 spiro atoms. The zero-order chi connectivity index (χ0) is 27.7. The number of nitrogen functional groups attached to an aromatic ring is 1. The second-order valence-electron chi connectivity index (χ2n) is 8.45. The molecular weight excluding hydrogens is 566 g/mol. The molecule has 1 fully saturated rings. The van der Waals surface area contributed by atoms with E-state index in [9.17, 15) is 19.5 Å². The van der Waals surface area contributed by atoms with Gasteiger partial charge in [0.25, 0.3) is 11.8 Å². The normalized spacial score (nSPS) is 19.2. The number of thiazole rings is 1. The van der Waals surface area contributed by atoms with E-state index in [1.54, 1.807) is 5.38 Å². The summed E-state index contributed by atoms with van der Waals surface area (Å²) in [6.07, 6.45) is 5.61. The lowest BCUT2D eigenvalue weighted by molar-refractivity contribution is -0.688. The van der Waals surface area contributed by atoms with Gasteiger partial charge in [0.1, 0.15) is 35.4 Å². The van der Waals surface area contributed by atoms with Crippen molar-refractivity contribution in [2.45, 2.75) is 23.0 Å². The number of carboxylic acids is 1. The summed E-state index contributed by atoms with van der Waals surface area (Å²) in [5, 5.41) is 27.7. The Morgan fingerprint density at radius 1 is 1.41 bits per heavy atom. The highest BCUT2D eigenvalue weighted by Gasteiger charge is 2.54. The maximum absolute atomic E-state index is 13.1. The summed E-state index contributed by atoms with van der Waals surface area (Å²) in [4.78, 5) is 48.3. The summed E-state index contributed by atoms with van der Waals surface area (Å²) in [6, 6.07) is 2.97. The number of oxime groups is 1. The summed E-state index contributed by atoms with van der Waals surface area (Å²) in [6.45, 7) is 0.358. The summed E-state index contributed by atoms with van der Waals surface area (Å²) in [5.41, 5.74) is 7.15. The molecule has 0 aromatic carbocycles. The van der Waals surface area contributed by atoms with Gasteiger partial charge < -0.3 is 30.5 Å². The van der Waals surface area contributed by atoms with Crippen molar-refractivity contribution >= 4 is 69.0 Å². The van der Waals surface area contributed by atoms with E-state index >= 15 is 0 Å². The number of carboxylic acid groups (broad SMARTS) is 1. The standard InChI is InChI=1S/C23H23N7O6S3/c1-36-27-16(14-11-39-23(24)25-14)19(32)26-17-20(33)30-18(22(34)35)12(10-38-21(17)30)8-28-4-5-29-13(9-28)2-3-15(29)37-7-6-31/h2-5,9,11,17,21,31H,6-8,10H2,1H3,(H3-,24,25,26,32,34,35)/p+1/b27-16-/t17-,21+/m1/s1. The Balaban J connectivity index is 1.33. The predicted molar refractivity (Wildman–Crippen MR) is 145 cm³/mol. The molecule has 1 saturated heterocycles. The molecule has 16 heteroatoms. The fraction of sp³-hybridized carbons (Fsp3) is 0.304. The van der Waals surface area contributed by atoms with Crippen LogP contribution < -0.4 is 15.6 Å². The van der Waals surface area contributed by atoms with Crippen LogP contribution in [0.25, 0.3) is 5.52 Å². The van der Waals surface area contributed by atoms with Crippen LogP contribution in [0.3, 0.4) is 0 Å². The second kappa shape index (κ2) is 11.3. The van der Waals surface area contributed by atoms with Gasteiger partial charge in [-0.2, -0.15) is 4.57 Å². The van der Waals surface area contributed by atoms with Crippen molar-refractivity contribution < 1.29 is 34.0 Å². The number of nitrogens with two attached hydrogens (primary N) is 1. The summed E-state index contributed by atoms with van der Waals surface area (Å²) in [7, 11) is 1.28. The topological polar surface area (TPSA) is 176 Å². The van der Waals surface area contributed by atoms with Crippen LogP contribution in [0.5, 0.6) is 0 Å². The number of amides is 2. The summed E-state index contributed by atoms with van der Waals surface area (Å²) in [5.74, 6) is -1.47. The van der Waals surface area contributed by atoms with E-state index in [1.165, 1.54) is 35.5 Å². The molecule has 204 valence electrons. The van der Waals surface area contributed by atoms with Gasteiger partial charge in [0.15, 0.2) is 29.8 Å². The van der Waals surface area contributed by atoms with Crippen molar-refractivity contribution in [2.24, 2.45) is 5.16 Å². The zero-order valence-electron chi connectivity index (χ0n) is 20.5. The van der Waals surface area contributed by atoms with Crippen molar-refractivity contribution in [2.75, 3.05) is 31.0 Å². The first-order valence-corrected chi connectivity index (χ1v) is 14.5. The molecule has 2 amide bonds. The molecule has 2 aliphatic rings. The number of anilines is 1. The monoisotopic (exact) mass is 590 g/mol. The largest absolute Gasteiger partial charge is 0.477 e. The van der Waals surface area contributed by atoms with Gasteiger partial charge >= 0.3 is 5.97 Å². The summed E-state index contributed by atoms with van der Waals surface area (Å²) >= 11 is 4.04. The number of hydrogen-bond donors (Lipinski definition) is 4. The first-order valence-electron chi connectivity index (χ1n) is 11.6. The van der Waals surface area contributed by atoms with Gasteiger partial charge in [0.05, 0.1) is 17.8 Å². The van der Waals surface area contributed by atoms with Crippen LogP contribution in [0, 0.1) is 0 Å². The number of aromatic nitrogens is 3. The van der Waals surface area contributed by atoms with Crippen molar-refractivity contribution in [3.8, 4) is 0 Å². The number of carbonyl (C=O) groups is 3. The number of nitrogens with one attached hydrogen (secondary N) is 1. The van der Waals surface area contributed by atoms with E-state index in [2.05, 4.69) is 15.5 Å². The van der Waals surface area contributed by atoms with E-state index in [1.807, 2.05) is 39.7 Å². The van der Waals surface area contributed by atoms with Crippen molar-refractivity contribution in [1.29, 1.82) is 0 Å². The van der Waals surface area contributed by atoms with Crippen LogP contribution in [0.2, 0.25) is 0 Å². The molecule has 0 unspecified atom stereocenters. The Kier molecular flexibility index (Phi) is 7.79. The molecule has 0 aliphatic carbocycles. The van der Waals surface area contributed by atoms with Crippen molar-refractivity contribution in [3.05, 3.63) is 53.1 Å². The van der Waals surface area contributed by atoms with Gasteiger partial charge in [-0.15, -0.1) is 34.9 Å². The SMILES string of the molecule is CO/N=C(\C(=O)N[C@@H]1C(=O)N2C(C(=O)O)=C(C[n+]3ccn4c(SCCO)ccc4c3)CS[C@@H]12)c1csc(N)n1. The Morgan fingerprint density at radius 2 is 2.23 bits per heavy atom. The molecular formula is C23H24N7O6S3+. The second-order valence-corrected chi connectivity index (χ2v) is 11.6. The van der Waals surface area contributed by atoms with Crippen molar-refractivity contribution in [1.82, 2.24) is 19.6 Å². The molecule has 2 atom stereocenters. The van der Waals surface area contributed by atoms with Gasteiger partial charge in [-0.3, -0.25) is 14.5 Å². The molecule has 2 aliphatic heterocycles. The van der Waals surface area contributed by atoms with Crippen LogP contribution in [0.15, 0.2) is 57.6 Å². The highest BCUT2D eigenvalue weighted by atomic mass is 32.2. The van der Waals surface area contributed by atoms with Crippen LogP contribution in [-0.2, 0) is 25.8 Å². The van der Waals surface area contributed by atoms with Crippen LogP contribution in [0.1, 0.15) is 5.69 Å². The Bertz CT molecular complexity index is 1520. The third kappa shape index (κ3) is 5.19. The number of β-lactam (4-membered cyclic amide) rings is 1. The molecule has 5 heterocycles. The molecule has 0 saturated carbocycles. The molecule has 5 N–H and O–H groups in total. The average molecular weight is 591 g/mol. The minimum absolute atomic E-state index is 0.0748. The van der Waals surface area contributed by atoms with Crippen LogP contribution >= 0.6 is 34.9 Å². The maximum atomic E-state index is 13.1. The number of aliphatic hydroxyl groups excluding tert-OH is 1. The Hall–Kier alpha value is -3.60. The quantitative estimate of drug-likeness (QED) is 0.0835. The smallest absolute Gasteiger partial charge is 0.352 e. The first-order chi connectivity index (χ1) is 18.8. The molecule has 0 bridgehead atoms. The van der Waals surface area contributed by atoms with Gasteiger partial charge in [-0.25, -0.2) is 9.78 Å². The highest BCUT2D eigenvalue weighted by molar-refractivity contribution is 8.00. The maximum Gasteiger partial charge on any atom is 0.352 e. The Labute approximate surface area is 234 Å². The number of rotatable bonds is 10. The summed E-state index contributed by atoms with van der Waals surface area (Å²) < 4.78 is 3.86. The number of carbonyl (C=O) groups excluding carboxylic acids is 2.